The summed E-state index contributed by atoms with van der Waals surface area (Å²) in [4.78, 5) is 29.0. The Kier molecular flexibility index (Phi) is 6.10. The van der Waals surface area contributed by atoms with Crippen LogP contribution in [0.3, 0.4) is 0 Å². The Balaban J connectivity index is 2.22. The molecule has 0 heterocycles. The summed E-state index contributed by atoms with van der Waals surface area (Å²) in [7, 11) is 0. The van der Waals surface area contributed by atoms with Gasteiger partial charge in [-0.2, -0.15) is 0 Å². The third-order valence-corrected chi connectivity index (χ3v) is 8.23. The number of hydrogen-bond acceptors (Lipinski definition) is 4. The lowest BCUT2D eigenvalue weighted by Gasteiger charge is -2.62. The summed E-state index contributed by atoms with van der Waals surface area (Å²) in [6, 6.07) is -1.01. The zero-order valence-electron chi connectivity index (χ0n) is 20.5. The molecule has 0 saturated heterocycles. The van der Waals surface area contributed by atoms with Crippen LogP contribution in [0.15, 0.2) is 0 Å². The molecule has 3 fully saturated rings. The molecule has 0 unspecified atom stereocenters. The van der Waals surface area contributed by atoms with E-state index in [9.17, 15) is 19.8 Å². The van der Waals surface area contributed by atoms with Gasteiger partial charge in [-0.25, -0.2) is 0 Å². The quantitative estimate of drug-likeness (QED) is 0.554. The lowest BCUT2D eigenvalue weighted by Crippen LogP contribution is -2.74. The van der Waals surface area contributed by atoms with Crippen LogP contribution in [0.5, 0.6) is 0 Å². The van der Waals surface area contributed by atoms with Gasteiger partial charge in [-0.05, 0) is 62.2 Å². The topological polar surface area (TPSA) is 104 Å². The number of carbonyl (C=O) groups is 2. The molecule has 0 radical (unpaired) electrons. The van der Waals surface area contributed by atoms with Crippen molar-refractivity contribution in [1.82, 2.24) is 4.90 Å². The second-order valence-corrected chi connectivity index (χ2v) is 12.8. The van der Waals surface area contributed by atoms with Crippen molar-refractivity contribution >= 4 is 11.8 Å². The molecule has 0 spiro atoms. The van der Waals surface area contributed by atoms with E-state index in [1.165, 1.54) is 0 Å². The molecule has 6 nitrogen and oxygen atoms in total. The highest BCUT2D eigenvalue weighted by Crippen LogP contribution is 2.53. The van der Waals surface area contributed by atoms with Gasteiger partial charge < -0.3 is 20.8 Å². The number of aliphatic hydroxyl groups is 2. The van der Waals surface area contributed by atoms with E-state index in [0.717, 1.165) is 25.7 Å². The number of primary amides is 1. The van der Waals surface area contributed by atoms with Crippen LogP contribution in [-0.4, -0.2) is 50.2 Å². The van der Waals surface area contributed by atoms with Gasteiger partial charge in [-0.1, -0.05) is 54.4 Å². The summed E-state index contributed by atoms with van der Waals surface area (Å²) in [6.45, 7) is 12.3. The van der Waals surface area contributed by atoms with Gasteiger partial charge in [-0.15, -0.1) is 0 Å². The minimum absolute atomic E-state index is 0.280. The Bertz CT molecular complexity index is 666. The first kappa shape index (κ1) is 24.5. The summed E-state index contributed by atoms with van der Waals surface area (Å²) >= 11 is 0. The van der Waals surface area contributed by atoms with Crippen molar-refractivity contribution in [2.75, 3.05) is 0 Å². The third-order valence-electron chi connectivity index (χ3n) is 8.23. The van der Waals surface area contributed by atoms with E-state index in [0.29, 0.717) is 38.5 Å². The van der Waals surface area contributed by atoms with Crippen molar-refractivity contribution in [1.29, 1.82) is 0 Å². The van der Waals surface area contributed by atoms with E-state index < -0.39 is 45.4 Å². The Morgan fingerprint density at radius 1 is 0.742 bits per heavy atom. The van der Waals surface area contributed by atoms with Crippen molar-refractivity contribution < 1.29 is 19.8 Å². The molecule has 0 aromatic heterocycles. The summed E-state index contributed by atoms with van der Waals surface area (Å²) in [6.07, 6.45) is 6.79. The second kappa shape index (κ2) is 7.72. The predicted molar refractivity (Wildman–Crippen MR) is 121 cm³/mol. The summed E-state index contributed by atoms with van der Waals surface area (Å²) < 4.78 is 0. The van der Waals surface area contributed by atoms with Crippen molar-refractivity contribution in [3.8, 4) is 0 Å². The van der Waals surface area contributed by atoms with Crippen molar-refractivity contribution in [2.24, 2.45) is 22.0 Å². The number of nitrogens with two attached hydrogens (primary N) is 1. The summed E-state index contributed by atoms with van der Waals surface area (Å²) in [5.41, 5.74) is 1.73. The van der Waals surface area contributed by atoms with Crippen LogP contribution in [0.25, 0.3) is 0 Å². The molecule has 6 heteroatoms. The highest BCUT2D eigenvalue weighted by atomic mass is 16.3. The van der Waals surface area contributed by atoms with Crippen molar-refractivity contribution in [3.05, 3.63) is 0 Å². The maximum atomic E-state index is 14.5. The average molecular weight is 437 g/mol. The molecule has 3 rings (SSSR count). The first-order chi connectivity index (χ1) is 14.1. The molecule has 2 atom stereocenters. The molecular formula is C25H44N2O4. The largest absolute Gasteiger partial charge is 0.388 e. The minimum atomic E-state index is -1.24. The molecule has 0 aliphatic heterocycles. The van der Waals surface area contributed by atoms with Crippen LogP contribution in [0.1, 0.15) is 106 Å². The van der Waals surface area contributed by atoms with E-state index in [2.05, 4.69) is 0 Å². The molecule has 3 aliphatic carbocycles. The fourth-order valence-electron chi connectivity index (χ4n) is 6.76. The van der Waals surface area contributed by atoms with Gasteiger partial charge in [0.25, 0.3) is 0 Å². The molecule has 0 aromatic carbocycles. The first-order valence-electron chi connectivity index (χ1n) is 12.2. The molecule has 2 amide bonds. The number of carbonyl (C=O) groups excluding carboxylic acids is 2. The number of nitrogens with zero attached hydrogens (tertiary/aromatic N) is 1. The molecule has 0 aromatic rings. The smallest absolute Gasteiger partial charge is 0.238 e. The summed E-state index contributed by atoms with van der Waals surface area (Å²) in [5, 5.41) is 23.3. The maximum Gasteiger partial charge on any atom is 0.238 e. The fourth-order valence-corrected chi connectivity index (χ4v) is 6.76. The van der Waals surface area contributed by atoms with Crippen LogP contribution in [0, 0.1) is 16.2 Å². The summed E-state index contributed by atoms with van der Waals surface area (Å²) in [5.74, 6) is -0.848. The van der Waals surface area contributed by atoms with E-state index in [1.807, 2.05) is 41.5 Å². The van der Waals surface area contributed by atoms with Crippen LogP contribution >= 0.6 is 0 Å². The minimum Gasteiger partial charge on any atom is -0.388 e. The van der Waals surface area contributed by atoms with Crippen LogP contribution < -0.4 is 5.73 Å². The lowest BCUT2D eigenvalue weighted by atomic mass is 9.60. The van der Waals surface area contributed by atoms with E-state index in [1.54, 1.807) is 4.90 Å². The molecule has 0 bridgehead atoms. The average Bonchev–Trinajstić information content (AvgIpc) is 3.06. The van der Waals surface area contributed by atoms with Gasteiger partial charge in [0.05, 0.1) is 23.3 Å². The van der Waals surface area contributed by atoms with Gasteiger partial charge in [0.2, 0.25) is 11.8 Å². The van der Waals surface area contributed by atoms with E-state index in [4.69, 9.17) is 5.73 Å². The number of rotatable bonds is 6. The van der Waals surface area contributed by atoms with E-state index in [-0.39, 0.29) is 5.91 Å². The van der Waals surface area contributed by atoms with E-state index >= 15 is 0 Å². The molecule has 3 saturated carbocycles. The Morgan fingerprint density at radius 3 is 1.32 bits per heavy atom. The van der Waals surface area contributed by atoms with Gasteiger partial charge >= 0.3 is 0 Å². The molecule has 4 N–H and O–H groups in total. The molecule has 3 aliphatic rings. The van der Waals surface area contributed by atoms with Crippen LogP contribution in [0.2, 0.25) is 0 Å². The van der Waals surface area contributed by atoms with Gasteiger partial charge in [0, 0.05) is 0 Å². The highest BCUT2D eigenvalue weighted by Gasteiger charge is 2.62. The number of amides is 2. The zero-order chi connectivity index (χ0) is 23.5. The lowest BCUT2D eigenvalue weighted by molar-refractivity contribution is -0.211. The molecule has 31 heavy (non-hydrogen) atoms. The van der Waals surface area contributed by atoms with Gasteiger partial charge in [0.15, 0.2) is 0 Å². The third kappa shape index (κ3) is 4.03. The zero-order valence-corrected chi connectivity index (χ0v) is 20.5. The predicted octanol–water partition coefficient (Wildman–Crippen LogP) is 3.52. The Hall–Kier alpha value is -1.14. The van der Waals surface area contributed by atoms with Crippen LogP contribution in [-0.2, 0) is 9.59 Å². The standard InChI is InChI=1S/C25H44N2O4/c1-21(2,3)17(24(30)13-9-14-24)27(18(22(4,5)6)25(31)15-10-16-25)20(29)23(19(26)28)11-7-8-12-23/h17-18,30-31H,7-16H2,1-6H3,(H2,26,28)/t17-,18-/m1/s1. The normalized spacial score (nSPS) is 26.3. The Morgan fingerprint density at radius 2 is 1.10 bits per heavy atom. The highest BCUT2D eigenvalue weighted by molar-refractivity contribution is 6.05. The van der Waals surface area contributed by atoms with Crippen molar-refractivity contribution in [3.63, 3.8) is 0 Å². The SMILES string of the molecule is CC(C)(C)[C@@H](N(C(=O)C1(C(N)=O)CCCC1)[C@H](C(C)(C)C)C1(O)CCC1)C1(O)CCC1. The number of hydrogen-bond donors (Lipinski definition) is 3. The van der Waals surface area contributed by atoms with Gasteiger partial charge in [-0.3, -0.25) is 9.59 Å². The van der Waals surface area contributed by atoms with Crippen molar-refractivity contribution in [2.45, 2.75) is 129 Å². The maximum absolute atomic E-state index is 14.5. The van der Waals surface area contributed by atoms with Gasteiger partial charge in [0.1, 0.15) is 5.41 Å². The Labute approximate surface area is 187 Å². The monoisotopic (exact) mass is 436 g/mol. The first-order valence-corrected chi connectivity index (χ1v) is 12.2. The second-order valence-electron chi connectivity index (χ2n) is 12.8. The molecular weight excluding hydrogens is 392 g/mol. The van der Waals surface area contributed by atoms with Crippen LogP contribution in [0.4, 0.5) is 0 Å². The molecule has 178 valence electrons. The fraction of sp³-hybridized carbons (Fsp3) is 0.920.